The van der Waals surface area contributed by atoms with Crippen LogP contribution >= 0.6 is 0 Å². The van der Waals surface area contributed by atoms with Crippen molar-refractivity contribution < 1.29 is 4.79 Å². The van der Waals surface area contributed by atoms with Gasteiger partial charge in [-0.2, -0.15) is 0 Å². The number of hydrogen-bond acceptors (Lipinski definition) is 3. The monoisotopic (exact) mass is 409 g/mol. The number of aliphatic imine (C=N–C) groups is 1. The van der Waals surface area contributed by atoms with Gasteiger partial charge in [0.25, 0.3) is 5.91 Å². The molecule has 0 bridgehead atoms. The number of benzene rings is 3. The average molecular weight is 410 g/mol. The van der Waals surface area contributed by atoms with Crippen molar-refractivity contribution in [2.24, 2.45) is 4.99 Å². The lowest BCUT2D eigenvalue weighted by atomic mass is 10.0. The first-order valence-corrected chi connectivity index (χ1v) is 10.9. The van der Waals surface area contributed by atoms with Gasteiger partial charge in [-0.1, -0.05) is 60.7 Å². The fourth-order valence-electron chi connectivity index (χ4n) is 4.68. The van der Waals surface area contributed by atoms with E-state index >= 15 is 0 Å². The lowest BCUT2D eigenvalue weighted by molar-refractivity contribution is -0.118. The smallest absolute Gasteiger partial charge is 0.259 e. The molecular weight excluding hydrogens is 382 g/mol. The summed E-state index contributed by atoms with van der Waals surface area (Å²) in [7, 11) is 0. The maximum Gasteiger partial charge on any atom is 0.259 e. The van der Waals surface area contributed by atoms with Crippen molar-refractivity contribution in [2.45, 2.75) is 39.3 Å². The molecule has 0 spiro atoms. The number of aryl methyl sites for hydroxylation is 2. The molecule has 156 valence electrons. The van der Waals surface area contributed by atoms with Gasteiger partial charge in [-0.3, -0.25) is 4.79 Å². The number of carbonyl (C=O) groups is 1. The highest BCUT2D eigenvalue weighted by Gasteiger charge is 2.39. The Kier molecular flexibility index (Phi) is 5.06. The molecular formula is C27H27N3O. The summed E-state index contributed by atoms with van der Waals surface area (Å²) in [6, 6.07) is 24.7. The molecule has 0 fully saturated rings. The Bertz CT molecular complexity index is 1130. The molecule has 0 saturated heterocycles. The highest BCUT2D eigenvalue weighted by atomic mass is 16.2. The first-order valence-electron chi connectivity index (χ1n) is 10.9. The van der Waals surface area contributed by atoms with Crippen LogP contribution < -0.4 is 4.90 Å². The quantitative estimate of drug-likeness (QED) is 0.630. The van der Waals surface area contributed by atoms with Gasteiger partial charge < -0.3 is 4.90 Å². The maximum absolute atomic E-state index is 13.6. The molecule has 2 heterocycles. The van der Waals surface area contributed by atoms with Crippen LogP contribution in [0.15, 0.2) is 77.8 Å². The van der Waals surface area contributed by atoms with Crippen molar-refractivity contribution in [2.75, 3.05) is 11.4 Å². The van der Waals surface area contributed by atoms with Gasteiger partial charge in [0.15, 0.2) is 0 Å². The molecule has 0 N–H and O–H groups in total. The van der Waals surface area contributed by atoms with E-state index in [4.69, 9.17) is 4.99 Å². The van der Waals surface area contributed by atoms with Gasteiger partial charge in [-0.05, 0) is 60.2 Å². The Morgan fingerprint density at radius 3 is 2.32 bits per heavy atom. The summed E-state index contributed by atoms with van der Waals surface area (Å²) in [5.74, 6) is 0.841. The third-order valence-corrected chi connectivity index (χ3v) is 6.13. The molecule has 2 aliphatic heterocycles. The molecule has 1 amide bonds. The third-order valence-electron chi connectivity index (χ3n) is 6.13. The van der Waals surface area contributed by atoms with Gasteiger partial charge >= 0.3 is 0 Å². The van der Waals surface area contributed by atoms with Gasteiger partial charge in [-0.15, -0.1) is 0 Å². The highest BCUT2D eigenvalue weighted by molar-refractivity contribution is 6.22. The van der Waals surface area contributed by atoms with Crippen LogP contribution in [0.1, 0.15) is 27.8 Å². The predicted octanol–water partition coefficient (Wildman–Crippen LogP) is 4.68. The van der Waals surface area contributed by atoms with Crippen LogP contribution in [-0.2, 0) is 24.2 Å². The fraction of sp³-hybridized carbons (Fsp3) is 0.259. The van der Waals surface area contributed by atoms with E-state index in [1.807, 2.05) is 23.1 Å². The van der Waals surface area contributed by atoms with Gasteiger partial charge in [0.1, 0.15) is 6.04 Å². The van der Waals surface area contributed by atoms with Crippen LogP contribution in [0, 0.1) is 13.8 Å². The number of guanidine groups is 1. The van der Waals surface area contributed by atoms with Crippen LogP contribution in [0.3, 0.4) is 0 Å². The normalized spacial score (nSPS) is 18.2. The van der Waals surface area contributed by atoms with Crippen LogP contribution in [0.25, 0.3) is 0 Å². The summed E-state index contributed by atoms with van der Waals surface area (Å²) in [6.45, 7) is 5.79. The van der Waals surface area contributed by atoms with Gasteiger partial charge in [0.2, 0.25) is 5.96 Å². The van der Waals surface area contributed by atoms with E-state index in [-0.39, 0.29) is 5.91 Å². The summed E-state index contributed by atoms with van der Waals surface area (Å²) in [6.07, 6.45) is 1.59. The number of hydrogen-bond donors (Lipinski definition) is 0. The molecule has 1 unspecified atom stereocenters. The third kappa shape index (κ3) is 3.86. The van der Waals surface area contributed by atoms with Crippen LogP contribution in [-0.4, -0.2) is 29.4 Å². The van der Waals surface area contributed by atoms with Crippen molar-refractivity contribution in [3.8, 4) is 0 Å². The zero-order chi connectivity index (χ0) is 21.4. The summed E-state index contributed by atoms with van der Waals surface area (Å²) >= 11 is 0. The lowest BCUT2D eigenvalue weighted by Crippen LogP contribution is -2.46. The van der Waals surface area contributed by atoms with Crippen LogP contribution in [0.4, 0.5) is 5.69 Å². The highest BCUT2D eigenvalue weighted by Crippen LogP contribution is 2.29. The molecule has 4 heteroatoms. The Morgan fingerprint density at radius 2 is 1.58 bits per heavy atom. The average Bonchev–Trinajstić information content (AvgIpc) is 3.09. The molecule has 5 rings (SSSR count). The number of amides is 1. The molecule has 3 aromatic rings. The minimum absolute atomic E-state index is 0.0581. The first-order chi connectivity index (χ1) is 15.1. The van der Waals surface area contributed by atoms with Gasteiger partial charge in [0, 0.05) is 19.5 Å². The number of nitrogens with zero attached hydrogens (tertiary/aromatic N) is 3. The van der Waals surface area contributed by atoms with E-state index in [1.54, 1.807) is 0 Å². The zero-order valence-corrected chi connectivity index (χ0v) is 18.1. The molecule has 2 aliphatic rings. The van der Waals surface area contributed by atoms with E-state index in [0.717, 1.165) is 47.8 Å². The van der Waals surface area contributed by atoms with Gasteiger partial charge in [0.05, 0.1) is 5.69 Å². The summed E-state index contributed by atoms with van der Waals surface area (Å²) in [4.78, 5) is 22.7. The van der Waals surface area contributed by atoms with E-state index in [0.29, 0.717) is 6.42 Å². The molecule has 3 aromatic carbocycles. The molecule has 4 nitrogen and oxygen atoms in total. The zero-order valence-electron chi connectivity index (χ0n) is 18.1. The van der Waals surface area contributed by atoms with Crippen LogP contribution in [0.2, 0.25) is 0 Å². The minimum Gasteiger partial charge on any atom is -0.337 e. The van der Waals surface area contributed by atoms with Crippen molar-refractivity contribution in [3.05, 3.63) is 101 Å². The second-order valence-corrected chi connectivity index (χ2v) is 8.59. The van der Waals surface area contributed by atoms with E-state index in [2.05, 4.69) is 73.3 Å². The summed E-state index contributed by atoms with van der Waals surface area (Å²) < 4.78 is 0. The van der Waals surface area contributed by atoms with Crippen molar-refractivity contribution in [1.29, 1.82) is 0 Å². The lowest BCUT2D eigenvalue weighted by Gasteiger charge is -2.34. The topological polar surface area (TPSA) is 35.9 Å². The Labute approximate surface area is 183 Å². The largest absolute Gasteiger partial charge is 0.337 e. The molecule has 0 saturated carbocycles. The Balaban J connectivity index is 1.52. The first kappa shape index (κ1) is 19.6. The maximum atomic E-state index is 13.6. The molecule has 0 aliphatic carbocycles. The number of carbonyl (C=O) groups excluding carboxylic acids is 1. The number of rotatable bonds is 3. The molecule has 1 atom stereocenters. The molecule has 0 radical (unpaired) electrons. The van der Waals surface area contributed by atoms with E-state index in [9.17, 15) is 4.79 Å². The van der Waals surface area contributed by atoms with Crippen molar-refractivity contribution >= 4 is 17.6 Å². The second-order valence-electron chi connectivity index (χ2n) is 8.59. The summed E-state index contributed by atoms with van der Waals surface area (Å²) in [5, 5.41) is 0. The summed E-state index contributed by atoms with van der Waals surface area (Å²) in [5.41, 5.74) is 7.06. The number of fused-ring (bicyclic) bond motifs is 1. The minimum atomic E-state index is -0.393. The van der Waals surface area contributed by atoms with Crippen molar-refractivity contribution in [3.63, 3.8) is 0 Å². The van der Waals surface area contributed by atoms with E-state index < -0.39 is 6.04 Å². The standard InChI is InChI=1S/C27H27N3O/c1-19-14-20(2)16-24(15-19)30-26(31)25(17-21-8-4-3-5-9-21)28-27(30)29-13-12-22-10-6-7-11-23(22)18-29/h3-11,14-16,25H,12-13,17-18H2,1-2H3. The Morgan fingerprint density at radius 1 is 0.903 bits per heavy atom. The van der Waals surface area contributed by atoms with E-state index in [1.165, 1.54) is 11.1 Å². The molecule has 0 aromatic heterocycles. The Hall–Kier alpha value is -3.40. The second kappa shape index (κ2) is 8.03. The molecule has 31 heavy (non-hydrogen) atoms. The van der Waals surface area contributed by atoms with Crippen LogP contribution in [0.5, 0.6) is 0 Å². The number of anilines is 1. The fourth-order valence-corrected chi connectivity index (χ4v) is 4.68. The predicted molar refractivity (Wildman–Crippen MR) is 125 cm³/mol. The van der Waals surface area contributed by atoms with Gasteiger partial charge in [-0.25, -0.2) is 9.89 Å². The SMILES string of the molecule is Cc1cc(C)cc(N2C(=O)C(Cc3ccccc3)N=C2N2CCc3ccccc3C2)c1. The van der Waals surface area contributed by atoms with Crippen molar-refractivity contribution in [1.82, 2.24) is 4.90 Å².